The monoisotopic (exact) mass is 525 g/mol. The van der Waals surface area contributed by atoms with Crippen LogP contribution in [0.2, 0.25) is 0 Å². The molecule has 0 aliphatic carbocycles. The summed E-state index contributed by atoms with van der Waals surface area (Å²) in [6.45, 7) is 7.09. The molecule has 0 spiro atoms. The second-order valence-electron chi connectivity index (χ2n) is 8.67. The first-order valence-corrected chi connectivity index (χ1v) is 12.9. The van der Waals surface area contributed by atoms with E-state index in [1.807, 2.05) is 13.1 Å². The molecule has 0 unspecified atom stereocenters. The zero-order chi connectivity index (χ0) is 25.6. The maximum atomic E-state index is 13.4. The molecule has 2 N–H and O–H groups in total. The molecule has 1 aliphatic heterocycles. The third-order valence-corrected chi connectivity index (χ3v) is 6.90. The average molecular weight is 526 g/mol. The molecule has 0 atom stereocenters. The van der Waals surface area contributed by atoms with Crippen molar-refractivity contribution in [2.75, 3.05) is 50.1 Å². The van der Waals surface area contributed by atoms with Gasteiger partial charge in [0, 0.05) is 42.0 Å². The Morgan fingerprint density at radius 1 is 1.27 bits per heavy atom. The largest absolute Gasteiger partial charge is 0.492 e. The highest BCUT2D eigenvalue weighted by Gasteiger charge is 2.16. The molecule has 5 rings (SSSR count). The smallest absolute Gasteiger partial charge is 0.229 e. The summed E-state index contributed by atoms with van der Waals surface area (Å²) in [5, 5.41) is 10.9. The quantitative estimate of drug-likeness (QED) is 0.302. The lowest BCUT2D eigenvalue weighted by Gasteiger charge is -2.26. The molecule has 194 valence electrons. The summed E-state index contributed by atoms with van der Waals surface area (Å²) in [7, 11) is 0. The van der Waals surface area contributed by atoms with Gasteiger partial charge in [-0.2, -0.15) is 5.10 Å². The van der Waals surface area contributed by atoms with Crippen LogP contribution in [-0.4, -0.2) is 69.8 Å². The molecule has 37 heavy (non-hydrogen) atoms. The number of hydrogen-bond acceptors (Lipinski definition) is 9. The van der Waals surface area contributed by atoms with Crippen LogP contribution in [0.1, 0.15) is 16.9 Å². The Kier molecular flexibility index (Phi) is 7.87. The first kappa shape index (κ1) is 25.1. The summed E-state index contributed by atoms with van der Waals surface area (Å²) in [5.74, 6) is 0.712. The van der Waals surface area contributed by atoms with Crippen LogP contribution in [0.15, 0.2) is 43.0 Å². The van der Waals surface area contributed by atoms with E-state index >= 15 is 0 Å². The Hall–Kier alpha value is -3.61. The Balaban J connectivity index is 1.20. The van der Waals surface area contributed by atoms with E-state index in [9.17, 15) is 9.18 Å². The number of ether oxygens (including phenoxy) is 2. The Bertz CT molecular complexity index is 1370. The van der Waals surface area contributed by atoms with Crippen molar-refractivity contribution in [3.8, 4) is 5.75 Å². The van der Waals surface area contributed by atoms with Crippen LogP contribution in [0.3, 0.4) is 0 Å². The van der Waals surface area contributed by atoms with Gasteiger partial charge in [0.1, 0.15) is 23.4 Å². The minimum Gasteiger partial charge on any atom is -0.492 e. The van der Waals surface area contributed by atoms with Crippen molar-refractivity contribution < 1.29 is 18.7 Å². The highest BCUT2D eigenvalue weighted by molar-refractivity contribution is 7.15. The molecular formula is C25H28FN7O3S. The van der Waals surface area contributed by atoms with Crippen LogP contribution in [0.5, 0.6) is 5.75 Å². The number of anilines is 3. The minimum absolute atomic E-state index is 0.127. The Morgan fingerprint density at radius 3 is 2.97 bits per heavy atom. The second-order valence-corrected chi connectivity index (χ2v) is 9.78. The molecule has 12 heteroatoms. The molecule has 1 saturated heterocycles. The van der Waals surface area contributed by atoms with Crippen molar-refractivity contribution in [1.82, 2.24) is 24.5 Å². The predicted octanol–water partition coefficient (Wildman–Crippen LogP) is 3.66. The molecule has 1 aromatic carbocycles. The average Bonchev–Trinajstić information content (AvgIpc) is 3.46. The number of aryl methyl sites for hydroxylation is 1. The number of carbonyl (C=O) groups excluding carboxylic acids is 1. The molecule has 4 heterocycles. The van der Waals surface area contributed by atoms with E-state index in [0.717, 1.165) is 61.0 Å². The normalized spacial score (nSPS) is 14.1. The number of halogens is 1. The van der Waals surface area contributed by atoms with Gasteiger partial charge in [0.15, 0.2) is 10.9 Å². The van der Waals surface area contributed by atoms with E-state index < -0.39 is 5.82 Å². The molecule has 1 fully saturated rings. The number of nitrogens with zero attached hydrogens (tertiary/aromatic N) is 5. The third-order valence-electron chi connectivity index (χ3n) is 5.98. The van der Waals surface area contributed by atoms with Crippen LogP contribution in [-0.2, 0) is 16.0 Å². The molecule has 0 radical (unpaired) electrons. The number of hydrogen-bond donors (Lipinski definition) is 2. The highest BCUT2D eigenvalue weighted by atomic mass is 32.1. The maximum absolute atomic E-state index is 13.4. The highest BCUT2D eigenvalue weighted by Crippen LogP contribution is 2.31. The summed E-state index contributed by atoms with van der Waals surface area (Å²) in [4.78, 5) is 24.3. The van der Waals surface area contributed by atoms with Gasteiger partial charge in [0.2, 0.25) is 5.91 Å². The molecule has 3 aromatic heterocycles. The van der Waals surface area contributed by atoms with Gasteiger partial charge in [-0.05, 0) is 31.5 Å². The number of benzene rings is 1. The van der Waals surface area contributed by atoms with Crippen LogP contribution < -0.4 is 15.4 Å². The Labute approximate surface area is 217 Å². The summed E-state index contributed by atoms with van der Waals surface area (Å²) < 4.78 is 26.6. The number of thiazole rings is 1. The lowest BCUT2D eigenvalue weighted by atomic mass is 10.3. The number of nitrogens with one attached hydrogen (secondary N) is 2. The standard InChI is InChI=1S/C25H28FN7O3S/c1-17-21(36-9-3-6-32-7-10-35-11-8-32)15-33-23(17)24(28-16-29-33)31-25-27-14-20(37-25)13-22(34)30-19-5-2-4-18(26)12-19/h2,4-5,12,14-16H,3,6-11,13H2,1H3,(H,30,34)(H,27,28,29,31). The number of rotatable bonds is 10. The molecule has 0 saturated carbocycles. The van der Waals surface area contributed by atoms with E-state index in [1.165, 1.54) is 29.8 Å². The van der Waals surface area contributed by atoms with Crippen molar-refractivity contribution in [1.29, 1.82) is 0 Å². The Morgan fingerprint density at radius 2 is 2.14 bits per heavy atom. The molecule has 1 aliphatic rings. The van der Waals surface area contributed by atoms with E-state index in [4.69, 9.17) is 9.47 Å². The van der Waals surface area contributed by atoms with Gasteiger partial charge in [-0.25, -0.2) is 18.9 Å². The fraction of sp³-hybridized carbons (Fsp3) is 0.360. The van der Waals surface area contributed by atoms with E-state index in [2.05, 4.69) is 30.6 Å². The predicted molar refractivity (Wildman–Crippen MR) is 139 cm³/mol. The van der Waals surface area contributed by atoms with Crippen LogP contribution in [0.25, 0.3) is 5.52 Å². The number of carbonyl (C=O) groups is 1. The third kappa shape index (κ3) is 6.40. The fourth-order valence-electron chi connectivity index (χ4n) is 4.15. The first-order chi connectivity index (χ1) is 18.0. The van der Waals surface area contributed by atoms with E-state index in [1.54, 1.807) is 22.8 Å². The van der Waals surface area contributed by atoms with Gasteiger partial charge in [0.25, 0.3) is 0 Å². The summed E-state index contributed by atoms with van der Waals surface area (Å²) in [6.07, 6.45) is 6.03. The lowest BCUT2D eigenvalue weighted by Crippen LogP contribution is -2.37. The van der Waals surface area contributed by atoms with E-state index in [-0.39, 0.29) is 12.3 Å². The summed E-state index contributed by atoms with van der Waals surface area (Å²) in [5.41, 5.74) is 2.14. The molecule has 4 aromatic rings. The van der Waals surface area contributed by atoms with Gasteiger partial charge >= 0.3 is 0 Å². The summed E-state index contributed by atoms with van der Waals surface area (Å²) in [6, 6.07) is 5.80. The van der Waals surface area contributed by atoms with Gasteiger partial charge in [-0.1, -0.05) is 6.07 Å². The second kappa shape index (κ2) is 11.6. The maximum Gasteiger partial charge on any atom is 0.229 e. The number of morpholine rings is 1. The zero-order valence-electron chi connectivity index (χ0n) is 20.4. The van der Waals surface area contributed by atoms with Crippen LogP contribution in [0.4, 0.5) is 21.0 Å². The number of fused-ring (bicyclic) bond motifs is 1. The van der Waals surface area contributed by atoms with Crippen LogP contribution in [0, 0.1) is 12.7 Å². The first-order valence-electron chi connectivity index (χ1n) is 12.1. The molecule has 0 bridgehead atoms. The zero-order valence-corrected chi connectivity index (χ0v) is 21.3. The molecular weight excluding hydrogens is 497 g/mol. The van der Waals surface area contributed by atoms with Gasteiger partial charge < -0.3 is 20.1 Å². The van der Waals surface area contributed by atoms with Gasteiger partial charge in [-0.3, -0.25) is 9.69 Å². The van der Waals surface area contributed by atoms with Gasteiger partial charge in [0.05, 0.1) is 32.4 Å². The molecule has 1 amide bonds. The van der Waals surface area contributed by atoms with Crippen LogP contribution >= 0.6 is 11.3 Å². The van der Waals surface area contributed by atoms with Gasteiger partial charge in [-0.15, -0.1) is 11.3 Å². The topological polar surface area (TPSA) is 106 Å². The molecule has 10 nitrogen and oxygen atoms in total. The SMILES string of the molecule is Cc1c(OCCCN2CCOCC2)cn2ncnc(Nc3ncc(CC(=O)Nc4cccc(F)c4)s3)c12. The van der Waals surface area contributed by atoms with Crippen molar-refractivity contribution in [2.24, 2.45) is 0 Å². The lowest BCUT2D eigenvalue weighted by molar-refractivity contribution is -0.115. The fourth-order valence-corrected chi connectivity index (χ4v) is 4.96. The minimum atomic E-state index is -0.402. The van der Waals surface area contributed by atoms with Crippen molar-refractivity contribution >= 4 is 39.4 Å². The summed E-state index contributed by atoms with van der Waals surface area (Å²) >= 11 is 1.35. The number of amides is 1. The van der Waals surface area contributed by atoms with Crippen molar-refractivity contribution in [3.05, 3.63) is 59.2 Å². The van der Waals surface area contributed by atoms with Crippen molar-refractivity contribution in [3.63, 3.8) is 0 Å². The van der Waals surface area contributed by atoms with E-state index in [0.29, 0.717) is 23.2 Å². The van der Waals surface area contributed by atoms with Crippen molar-refractivity contribution in [2.45, 2.75) is 19.8 Å². The number of aromatic nitrogens is 4.